The third-order valence-corrected chi connectivity index (χ3v) is 8.43. The minimum Gasteiger partial charge on any atom is -0.497 e. The van der Waals surface area contributed by atoms with E-state index >= 15 is 0 Å². The second-order valence-electron chi connectivity index (χ2n) is 8.61. The number of nitrogens with one attached hydrogen (secondary N) is 2. The summed E-state index contributed by atoms with van der Waals surface area (Å²) < 4.78 is 32.7. The van der Waals surface area contributed by atoms with E-state index in [1.165, 1.54) is 22.5 Å². The van der Waals surface area contributed by atoms with Crippen LogP contribution in [0.4, 0.5) is 11.4 Å². The van der Waals surface area contributed by atoms with Gasteiger partial charge in [-0.15, -0.1) is 0 Å². The van der Waals surface area contributed by atoms with Crippen molar-refractivity contribution in [1.82, 2.24) is 9.21 Å². The molecule has 0 spiro atoms. The number of nitrogens with zero attached hydrogens (tertiary/aromatic N) is 2. The van der Waals surface area contributed by atoms with Gasteiger partial charge < -0.3 is 15.4 Å². The average Bonchev–Trinajstić information content (AvgIpc) is 2.89. The summed E-state index contributed by atoms with van der Waals surface area (Å²) in [4.78, 5) is 27.4. The van der Waals surface area contributed by atoms with Crippen molar-refractivity contribution in [3.8, 4) is 5.75 Å². The first-order chi connectivity index (χ1) is 17.1. The molecule has 1 saturated heterocycles. The molecule has 1 atom stereocenters. The van der Waals surface area contributed by atoms with Gasteiger partial charge in [-0.05, 0) is 68.8 Å². The van der Waals surface area contributed by atoms with Crippen molar-refractivity contribution in [2.45, 2.75) is 44.0 Å². The van der Waals surface area contributed by atoms with Crippen LogP contribution in [0.1, 0.15) is 33.1 Å². The molecular formula is C25H33ClN4O5S. The Bertz CT molecular complexity index is 1170. The summed E-state index contributed by atoms with van der Waals surface area (Å²) in [5.74, 6) is 0.0118. The largest absolute Gasteiger partial charge is 0.497 e. The average molecular weight is 537 g/mol. The summed E-state index contributed by atoms with van der Waals surface area (Å²) in [5, 5.41) is 5.77. The number of hydrogen-bond donors (Lipinski definition) is 2. The van der Waals surface area contributed by atoms with E-state index in [2.05, 4.69) is 10.6 Å². The molecule has 0 bridgehead atoms. The van der Waals surface area contributed by atoms with Crippen molar-refractivity contribution in [2.75, 3.05) is 43.9 Å². The summed E-state index contributed by atoms with van der Waals surface area (Å²) in [6.07, 6.45) is 2.66. The van der Waals surface area contributed by atoms with E-state index in [1.54, 1.807) is 43.2 Å². The normalized spacial score (nSPS) is 15.4. The molecule has 1 heterocycles. The fourth-order valence-electron chi connectivity index (χ4n) is 4.00. The lowest BCUT2D eigenvalue weighted by atomic mass is 10.2. The molecule has 2 amide bonds. The molecule has 0 saturated carbocycles. The lowest BCUT2D eigenvalue weighted by Crippen LogP contribution is -2.45. The molecule has 3 rings (SSSR count). The third kappa shape index (κ3) is 6.97. The van der Waals surface area contributed by atoms with Gasteiger partial charge in [0.2, 0.25) is 21.8 Å². The molecule has 1 aliphatic heterocycles. The number of amides is 2. The van der Waals surface area contributed by atoms with Gasteiger partial charge in [0.05, 0.1) is 35.3 Å². The Morgan fingerprint density at radius 1 is 1.08 bits per heavy atom. The summed E-state index contributed by atoms with van der Waals surface area (Å²) >= 11 is 6.28. The maximum atomic E-state index is 13.0. The lowest BCUT2D eigenvalue weighted by Gasteiger charge is -2.27. The highest BCUT2D eigenvalue weighted by Crippen LogP contribution is 2.28. The van der Waals surface area contributed by atoms with E-state index in [1.807, 2.05) is 6.92 Å². The monoisotopic (exact) mass is 536 g/mol. The molecular weight excluding hydrogens is 504 g/mol. The lowest BCUT2D eigenvalue weighted by molar-refractivity contribution is -0.123. The van der Waals surface area contributed by atoms with Gasteiger partial charge in [0.15, 0.2) is 0 Å². The highest BCUT2D eigenvalue weighted by molar-refractivity contribution is 7.89. The van der Waals surface area contributed by atoms with Crippen LogP contribution in [0.25, 0.3) is 0 Å². The number of rotatable bonds is 10. The molecule has 1 aliphatic rings. The van der Waals surface area contributed by atoms with E-state index in [-0.39, 0.29) is 28.1 Å². The Morgan fingerprint density at radius 2 is 1.75 bits per heavy atom. The topological polar surface area (TPSA) is 108 Å². The van der Waals surface area contributed by atoms with Crippen LogP contribution in [-0.4, -0.2) is 68.8 Å². The van der Waals surface area contributed by atoms with E-state index < -0.39 is 22.0 Å². The van der Waals surface area contributed by atoms with Gasteiger partial charge in [-0.3, -0.25) is 14.5 Å². The fourth-order valence-corrected chi connectivity index (χ4v) is 5.71. The van der Waals surface area contributed by atoms with E-state index in [4.69, 9.17) is 16.3 Å². The Kier molecular flexibility index (Phi) is 9.72. The quantitative estimate of drug-likeness (QED) is 0.478. The maximum Gasteiger partial charge on any atom is 0.243 e. The van der Waals surface area contributed by atoms with Gasteiger partial charge in [0.25, 0.3) is 0 Å². The Morgan fingerprint density at radius 3 is 2.36 bits per heavy atom. The highest BCUT2D eigenvalue weighted by Gasteiger charge is 2.28. The molecule has 1 fully saturated rings. The van der Waals surface area contributed by atoms with Crippen LogP contribution in [0, 0.1) is 0 Å². The molecule has 9 nitrogen and oxygen atoms in total. The zero-order chi connectivity index (χ0) is 26.3. The first kappa shape index (κ1) is 27.9. The van der Waals surface area contributed by atoms with Crippen molar-refractivity contribution in [3.63, 3.8) is 0 Å². The van der Waals surface area contributed by atoms with Crippen LogP contribution in [0.15, 0.2) is 47.4 Å². The Hall–Kier alpha value is -2.66. The van der Waals surface area contributed by atoms with Crippen molar-refractivity contribution in [1.29, 1.82) is 0 Å². The highest BCUT2D eigenvalue weighted by atomic mass is 35.5. The molecule has 2 aromatic carbocycles. The molecule has 196 valence electrons. The molecule has 0 aliphatic carbocycles. The van der Waals surface area contributed by atoms with E-state index in [0.29, 0.717) is 31.1 Å². The first-order valence-electron chi connectivity index (χ1n) is 11.9. The molecule has 0 aromatic heterocycles. The summed E-state index contributed by atoms with van der Waals surface area (Å²) in [6, 6.07) is 10.6. The van der Waals surface area contributed by atoms with E-state index in [0.717, 1.165) is 19.3 Å². The molecule has 36 heavy (non-hydrogen) atoms. The van der Waals surface area contributed by atoms with Gasteiger partial charge in [0.1, 0.15) is 5.75 Å². The number of carbonyl (C=O) groups excluding carboxylic acids is 2. The van der Waals surface area contributed by atoms with Gasteiger partial charge in [-0.25, -0.2) is 8.42 Å². The molecule has 0 radical (unpaired) electrons. The number of hydrogen-bond acceptors (Lipinski definition) is 6. The second-order valence-corrected chi connectivity index (χ2v) is 11.0. The number of carbonyl (C=O) groups is 2. The SMILES string of the molecule is CCN(CC(=O)Nc1ccc(OC)cc1)C(C)C(=O)Nc1cc(S(=O)(=O)N2CCCCC2)ccc1Cl. The Balaban J connectivity index is 1.66. The number of sulfonamides is 1. The number of methoxy groups -OCH3 is 1. The minimum atomic E-state index is -3.68. The first-order valence-corrected chi connectivity index (χ1v) is 13.8. The summed E-state index contributed by atoms with van der Waals surface area (Å²) in [7, 11) is -2.11. The van der Waals surface area contributed by atoms with E-state index in [9.17, 15) is 18.0 Å². The molecule has 2 aromatic rings. The van der Waals surface area contributed by atoms with Crippen LogP contribution in [-0.2, 0) is 19.6 Å². The zero-order valence-corrected chi connectivity index (χ0v) is 22.4. The number of benzene rings is 2. The summed E-state index contributed by atoms with van der Waals surface area (Å²) in [5.41, 5.74) is 0.831. The number of halogens is 1. The van der Waals surface area contributed by atoms with Crippen LogP contribution in [0.2, 0.25) is 5.02 Å². The van der Waals surface area contributed by atoms with Crippen LogP contribution in [0.3, 0.4) is 0 Å². The van der Waals surface area contributed by atoms with Crippen molar-refractivity contribution in [2.24, 2.45) is 0 Å². The predicted octanol–water partition coefficient (Wildman–Crippen LogP) is 3.81. The molecule has 11 heteroatoms. The summed E-state index contributed by atoms with van der Waals surface area (Å²) in [6.45, 7) is 4.93. The molecule has 1 unspecified atom stereocenters. The predicted molar refractivity (Wildman–Crippen MR) is 141 cm³/mol. The van der Waals surface area contributed by atoms with Crippen molar-refractivity contribution < 1.29 is 22.7 Å². The van der Waals surface area contributed by atoms with Crippen LogP contribution >= 0.6 is 11.6 Å². The number of piperidine rings is 1. The third-order valence-electron chi connectivity index (χ3n) is 6.20. The van der Waals surface area contributed by atoms with Crippen LogP contribution < -0.4 is 15.4 Å². The maximum absolute atomic E-state index is 13.0. The van der Waals surface area contributed by atoms with Crippen molar-refractivity contribution in [3.05, 3.63) is 47.5 Å². The second kappa shape index (κ2) is 12.5. The van der Waals surface area contributed by atoms with Gasteiger partial charge >= 0.3 is 0 Å². The number of anilines is 2. The fraction of sp³-hybridized carbons (Fsp3) is 0.440. The smallest absolute Gasteiger partial charge is 0.243 e. The number of ether oxygens (including phenoxy) is 1. The number of likely N-dealkylation sites (N-methyl/N-ethyl adjacent to an activating group) is 1. The zero-order valence-electron chi connectivity index (χ0n) is 20.8. The standard InChI is InChI=1S/C25H33ClN4O5S/c1-4-29(17-24(31)27-19-8-10-20(35-3)11-9-19)18(2)25(32)28-23-16-21(12-13-22(23)26)36(33,34)30-14-6-5-7-15-30/h8-13,16,18H,4-7,14-15,17H2,1-3H3,(H,27,31)(H,28,32). The Labute approximate surface area is 217 Å². The van der Waals surface area contributed by atoms with Crippen LogP contribution in [0.5, 0.6) is 5.75 Å². The van der Waals surface area contributed by atoms with Gasteiger partial charge in [-0.2, -0.15) is 4.31 Å². The minimum absolute atomic E-state index is 0.00573. The van der Waals surface area contributed by atoms with Gasteiger partial charge in [0, 0.05) is 18.8 Å². The van der Waals surface area contributed by atoms with Crippen molar-refractivity contribution >= 4 is 44.8 Å². The van der Waals surface area contributed by atoms with Gasteiger partial charge in [-0.1, -0.05) is 24.9 Å². The molecule has 2 N–H and O–H groups in total.